The Hall–Kier alpha value is 0.0200. The van der Waals surface area contributed by atoms with E-state index >= 15 is 0 Å². The second-order valence-electron chi connectivity index (χ2n) is 2.44. The molecule has 0 aliphatic rings. The van der Waals surface area contributed by atoms with Crippen molar-refractivity contribution in [3.05, 3.63) is 27.0 Å². The second-order valence-corrected chi connectivity index (χ2v) is 3.58. The van der Waals surface area contributed by atoms with Crippen molar-refractivity contribution in [2.24, 2.45) is 0 Å². The average Bonchev–Trinajstić information content (AvgIpc) is 2.06. The largest absolute Gasteiger partial charge is 0.241 e. The fourth-order valence-corrected chi connectivity index (χ4v) is 1.65. The normalized spacial score (nSPS) is 10.3. The fourth-order valence-electron chi connectivity index (χ4n) is 0.956. The molecule has 0 spiro atoms. The molecule has 0 saturated heterocycles. The first kappa shape index (κ1) is 10.1. The van der Waals surface area contributed by atoms with Gasteiger partial charge >= 0.3 is 0 Å². The van der Waals surface area contributed by atoms with Crippen LogP contribution in [0.5, 0.6) is 0 Å². The number of halogens is 3. The van der Waals surface area contributed by atoms with Gasteiger partial charge in [-0.1, -0.05) is 48.1 Å². The van der Waals surface area contributed by atoms with E-state index in [9.17, 15) is 0 Å². The van der Waals surface area contributed by atoms with Gasteiger partial charge in [0.2, 0.25) is 0 Å². The number of rotatable bonds is 2. The van der Waals surface area contributed by atoms with Crippen LogP contribution in [0, 0.1) is 0 Å². The molecule has 0 aliphatic heterocycles. The highest BCUT2D eigenvalue weighted by atomic mass is 35.5. The van der Waals surface area contributed by atoms with Gasteiger partial charge in [-0.25, -0.2) is 4.98 Å². The molecule has 0 bridgehead atoms. The van der Waals surface area contributed by atoms with Crippen LogP contribution in [0.15, 0.2) is 6.20 Å². The maximum Gasteiger partial charge on any atom is 0.147 e. The van der Waals surface area contributed by atoms with E-state index in [2.05, 4.69) is 11.9 Å². The van der Waals surface area contributed by atoms with E-state index in [0.29, 0.717) is 15.2 Å². The lowest BCUT2D eigenvalue weighted by Gasteiger charge is -2.05. The molecule has 1 heterocycles. The lowest BCUT2D eigenvalue weighted by atomic mass is 10.1. The molecular formula is C8H8Cl3N. The number of nitrogens with zero attached hydrogens (tertiary/aromatic N) is 1. The van der Waals surface area contributed by atoms with Crippen molar-refractivity contribution in [2.75, 3.05) is 0 Å². The first-order valence-corrected chi connectivity index (χ1v) is 4.78. The van der Waals surface area contributed by atoms with Gasteiger partial charge in [-0.15, -0.1) is 0 Å². The second kappa shape index (κ2) is 4.31. The van der Waals surface area contributed by atoms with Gasteiger partial charge in [0, 0.05) is 6.20 Å². The number of aromatic nitrogens is 1. The molecule has 0 saturated carbocycles. The van der Waals surface area contributed by atoms with Crippen molar-refractivity contribution in [1.29, 1.82) is 0 Å². The number of hydrogen-bond acceptors (Lipinski definition) is 1. The van der Waals surface area contributed by atoms with E-state index in [-0.39, 0.29) is 0 Å². The Morgan fingerprint density at radius 3 is 2.58 bits per heavy atom. The summed E-state index contributed by atoms with van der Waals surface area (Å²) in [6, 6.07) is 0. The summed E-state index contributed by atoms with van der Waals surface area (Å²) in [6.45, 7) is 2.06. The van der Waals surface area contributed by atoms with Crippen LogP contribution in [0.4, 0.5) is 0 Å². The van der Waals surface area contributed by atoms with Gasteiger partial charge in [0.1, 0.15) is 5.15 Å². The van der Waals surface area contributed by atoms with E-state index < -0.39 is 0 Å². The molecule has 0 fully saturated rings. The zero-order chi connectivity index (χ0) is 9.14. The fraction of sp³-hybridized carbons (Fsp3) is 0.375. The molecule has 1 aromatic heterocycles. The summed E-state index contributed by atoms with van der Waals surface area (Å²) < 4.78 is 0. The third-order valence-electron chi connectivity index (χ3n) is 1.53. The topological polar surface area (TPSA) is 12.9 Å². The van der Waals surface area contributed by atoms with Crippen LogP contribution >= 0.6 is 34.8 Å². The zero-order valence-electron chi connectivity index (χ0n) is 6.57. The van der Waals surface area contributed by atoms with Crippen LogP contribution in [-0.4, -0.2) is 4.98 Å². The van der Waals surface area contributed by atoms with E-state index in [1.165, 1.54) is 6.20 Å². The van der Waals surface area contributed by atoms with Gasteiger partial charge in [-0.05, 0) is 12.0 Å². The van der Waals surface area contributed by atoms with Crippen LogP contribution in [0.1, 0.15) is 18.9 Å². The summed E-state index contributed by atoms with van der Waals surface area (Å²) in [5, 5.41) is 1.39. The molecule has 0 radical (unpaired) electrons. The monoisotopic (exact) mass is 223 g/mol. The maximum absolute atomic E-state index is 5.90. The summed E-state index contributed by atoms with van der Waals surface area (Å²) in [4.78, 5) is 3.82. The number of pyridine rings is 1. The highest BCUT2D eigenvalue weighted by molar-refractivity contribution is 6.43. The summed E-state index contributed by atoms with van der Waals surface area (Å²) in [5.74, 6) is 0. The molecule has 1 nitrogen and oxygen atoms in total. The standard InChI is InChI=1S/C8H8Cl3N/c1-2-3-5-6(9)4-12-8(11)7(5)10/h4H,2-3H2,1H3. The van der Waals surface area contributed by atoms with Crippen molar-refractivity contribution in [2.45, 2.75) is 19.8 Å². The average molecular weight is 225 g/mol. The maximum atomic E-state index is 5.90. The lowest BCUT2D eigenvalue weighted by molar-refractivity contribution is 0.919. The Labute approximate surface area is 86.7 Å². The van der Waals surface area contributed by atoms with Crippen molar-refractivity contribution < 1.29 is 0 Å². The van der Waals surface area contributed by atoms with Crippen molar-refractivity contribution in [3.63, 3.8) is 0 Å². The molecule has 66 valence electrons. The Bertz CT molecular complexity index is 286. The van der Waals surface area contributed by atoms with E-state index in [4.69, 9.17) is 34.8 Å². The molecular weight excluding hydrogens is 216 g/mol. The van der Waals surface area contributed by atoms with Crippen LogP contribution in [0.2, 0.25) is 15.2 Å². The minimum atomic E-state index is 0.324. The van der Waals surface area contributed by atoms with Gasteiger partial charge in [0.05, 0.1) is 10.0 Å². The van der Waals surface area contributed by atoms with E-state index in [1.807, 2.05) is 0 Å². The van der Waals surface area contributed by atoms with Crippen LogP contribution < -0.4 is 0 Å². The molecule has 1 rings (SSSR count). The number of hydrogen-bond donors (Lipinski definition) is 0. The molecule has 12 heavy (non-hydrogen) atoms. The van der Waals surface area contributed by atoms with Crippen molar-refractivity contribution in [3.8, 4) is 0 Å². The van der Waals surface area contributed by atoms with Gasteiger partial charge in [0.15, 0.2) is 0 Å². The smallest absolute Gasteiger partial charge is 0.147 e. The van der Waals surface area contributed by atoms with Crippen LogP contribution in [0.3, 0.4) is 0 Å². The van der Waals surface area contributed by atoms with Crippen molar-refractivity contribution in [1.82, 2.24) is 4.98 Å². The van der Waals surface area contributed by atoms with E-state index in [0.717, 1.165) is 18.4 Å². The Morgan fingerprint density at radius 1 is 1.33 bits per heavy atom. The molecule has 0 aliphatic carbocycles. The third kappa shape index (κ3) is 2.03. The van der Waals surface area contributed by atoms with Gasteiger partial charge in [-0.3, -0.25) is 0 Å². The minimum Gasteiger partial charge on any atom is -0.241 e. The SMILES string of the molecule is CCCc1c(Cl)cnc(Cl)c1Cl. The Kier molecular flexibility index (Phi) is 3.63. The first-order chi connectivity index (χ1) is 5.66. The third-order valence-corrected chi connectivity index (χ3v) is 2.64. The van der Waals surface area contributed by atoms with Crippen LogP contribution in [0.25, 0.3) is 0 Å². The Morgan fingerprint density at radius 2 is 2.00 bits per heavy atom. The predicted octanol–water partition coefficient (Wildman–Crippen LogP) is 3.99. The lowest BCUT2D eigenvalue weighted by Crippen LogP contribution is -1.89. The molecule has 0 atom stereocenters. The van der Waals surface area contributed by atoms with Gasteiger partial charge in [0.25, 0.3) is 0 Å². The van der Waals surface area contributed by atoms with Gasteiger partial charge < -0.3 is 0 Å². The molecule has 4 heteroatoms. The van der Waals surface area contributed by atoms with Gasteiger partial charge in [-0.2, -0.15) is 0 Å². The quantitative estimate of drug-likeness (QED) is 0.692. The highest BCUT2D eigenvalue weighted by Crippen LogP contribution is 2.29. The molecule has 0 amide bonds. The van der Waals surface area contributed by atoms with Crippen LogP contribution in [-0.2, 0) is 6.42 Å². The highest BCUT2D eigenvalue weighted by Gasteiger charge is 2.08. The summed E-state index contributed by atoms with van der Waals surface area (Å²) >= 11 is 17.5. The summed E-state index contributed by atoms with van der Waals surface area (Å²) in [6.07, 6.45) is 3.35. The van der Waals surface area contributed by atoms with Crippen molar-refractivity contribution >= 4 is 34.8 Å². The predicted molar refractivity (Wildman–Crippen MR) is 53.3 cm³/mol. The summed E-state index contributed by atoms with van der Waals surface area (Å²) in [7, 11) is 0. The Balaban J connectivity index is 3.14. The molecule has 0 aromatic carbocycles. The zero-order valence-corrected chi connectivity index (χ0v) is 8.84. The summed E-state index contributed by atoms with van der Waals surface area (Å²) in [5.41, 5.74) is 0.890. The minimum absolute atomic E-state index is 0.324. The molecule has 1 aromatic rings. The molecule has 0 unspecified atom stereocenters. The molecule has 0 N–H and O–H groups in total. The first-order valence-electron chi connectivity index (χ1n) is 3.65. The van der Waals surface area contributed by atoms with E-state index in [1.54, 1.807) is 0 Å².